The molecule has 2 aromatic carbocycles. The lowest BCUT2D eigenvalue weighted by molar-refractivity contribution is 0.0698. The van der Waals surface area contributed by atoms with Crippen LogP contribution in [-0.4, -0.2) is 27.1 Å². The largest absolute Gasteiger partial charge is 0.478 e. The number of aryl methyl sites for hydroxylation is 1. The Balaban J connectivity index is 2.04. The Kier molecular flexibility index (Phi) is 4.67. The van der Waals surface area contributed by atoms with E-state index in [1.54, 1.807) is 18.3 Å². The van der Waals surface area contributed by atoms with Crippen molar-refractivity contribution in [3.05, 3.63) is 76.1 Å². The maximum absolute atomic E-state index is 11.4. The van der Waals surface area contributed by atoms with Crippen LogP contribution in [-0.2, 0) is 0 Å². The number of halogens is 1. The van der Waals surface area contributed by atoms with Gasteiger partial charge in [0.1, 0.15) is 0 Å². The molecule has 1 N–H and O–H groups in total. The zero-order valence-electron chi connectivity index (χ0n) is 13.8. The van der Waals surface area contributed by atoms with Crippen molar-refractivity contribution < 1.29 is 9.90 Å². The number of hydrogen-bond acceptors (Lipinski definition) is 3. The summed E-state index contributed by atoms with van der Waals surface area (Å²) in [5, 5.41) is 14.1. The number of para-hydroxylation sites is 2. The maximum atomic E-state index is 11.4. The number of hydrogen-bond donors (Lipinski definition) is 1. The molecule has 0 saturated carbocycles. The molecule has 0 saturated heterocycles. The number of aliphatic imine (C=N–C) groups is 1. The quantitative estimate of drug-likeness (QED) is 0.697. The Bertz CT molecular complexity index is 962. The Hall–Kier alpha value is -2.92. The van der Waals surface area contributed by atoms with Crippen LogP contribution in [0.1, 0.15) is 27.3 Å². The van der Waals surface area contributed by atoms with Gasteiger partial charge in [-0.1, -0.05) is 35.9 Å². The van der Waals surface area contributed by atoms with Crippen LogP contribution >= 0.6 is 11.6 Å². The van der Waals surface area contributed by atoms with E-state index in [9.17, 15) is 9.90 Å². The number of aromatic nitrogens is 2. The summed E-state index contributed by atoms with van der Waals surface area (Å²) < 4.78 is 1.83. The van der Waals surface area contributed by atoms with Gasteiger partial charge in [-0.15, -0.1) is 0 Å². The molecule has 25 heavy (non-hydrogen) atoms. The third-order valence-electron chi connectivity index (χ3n) is 3.89. The van der Waals surface area contributed by atoms with E-state index < -0.39 is 5.97 Å². The highest BCUT2D eigenvalue weighted by Gasteiger charge is 2.14. The van der Waals surface area contributed by atoms with E-state index in [4.69, 9.17) is 11.6 Å². The van der Waals surface area contributed by atoms with Crippen LogP contribution in [0.2, 0.25) is 5.02 Å². The van der Waals surface area contributed by atoms with Gasteiger partial charge in [0.2, 0.25) is 0 Å². The van der Waals surface area contributed by atoms with Crippen molar-refractivity contribution in [2.24, 2.45) is 4.99 Å². The highest BCUT2D eigenvalue weighted by atomic mass is 35.5. The predicted octanol–water partition coefficient (Wildman–Crippen LogP) is 4.59. The number of nitrogens with zero attached hydrogens (tertiary/aromatic N) is 3. The summed E-state index contributed by atoms with van der Waals surface area (Å²) in [6, 6.07) is 14.5. The Morgan fingerprint density at radius 1 is 1.16 bits per heavy atom. The van der Waals surface area contributed by atoms with Crippen LogP contribution in [0.4, 0.5) is 5.69 Å². The molecule has 0 amide bonds. The van der Waals surface area contributed by atoms with Gasteiger partial charge >= 0.3 is 5.97 Å². The Morgan fingerprint density at radius 3 is 2.56 bits per heavy atom. The highest BCUT2D eigenvalue weighted by Crippen LogP contribution is 2.29. The molecule has 0 aliphatic rings. The second kappa shape index (κ2) is 6.91. The molecule has 0 fully saturated rings. The van der Waals surface area contributed by atoms with Crippen LogP contribution in [0.3, 0.4) is 0 Å². The maximum Gasteiger partial charge on any atom is 0.337 e. The van der Waals surface area contributed by atoms with Gasteiger partial charge in [-0.25, -0.2) is 9.48 Å². The minimum absolute atomic E-state index is 0.0644. The van der Waals surface area contributed by atoms with Gasteiger partial charge < -0.3 is 5.11 Å². The highest BCUT2D eigenvalue weighted by molar-refractivity contribution is 6.33. The summed E-state index contributed by atoms with van der Waals surface area (Å²) in [4.78, 5) is 15.7. The molecule has 1 aromatic heterocycles. The second-order valence-corrected chi connectivity index (χ2v) is 5.94. The van der Waals surface area contributed by atoms with E-state index in [-0.39, 0.29) is 11.3 Å². The molecule has 0 aliphatic carbocycles. The van der Waals surface area contributed by atoms with Crippen molar-refractivity contribution in [3.63, 3.8) is 0 Å². The SMILES string of the molecule is Cc1nn(-c2ccccc2)c(C)c1C=Nc1c(Cl)cccc1C(=O)O. The van der Waals surface area contributed by atoms with E-state index in [0.29, 0.717) is 5.02 Å². The topological polar surface area (TPSA) is 67.5 Å². The molecule has 5 nitrogen and oxygen atoms in total. The monoisotopic (exact) mass is 353 g/mol. The second-order valence-electron chi connectivity index (χ2n) is 5.53. The zero-order chi connectivity index (χ0) is 18.0. The van der Waals surface area contributed by atoms with E-state index in [0.717, 1.165) is 22.6 Å². The van der Waals surface area contributed by atoms with Crippen LogP contribution < -0.4 is 0 Å². The molecule has 3 aromatic rings. The first-order valence-corrected chi connectivity index (χ1v) is 8.04. The zero-order valence-corrected chi connectivity index (χ0v) is 14.5. The summed E-state index contributed by atoms with van der Waals surface area (Å²) >= 11 is 6.12. The number of aromatic carboxylic acids is 1. The average Bonchev–Trinajstić information content (AvgIpc) is 2.88. The van der Waals surface area contributed by atoms with Gasteiger partial charge in [0, 0.05) is 11.8 Å². The normalized spacial score (nSPS) is 11.2. The fraction of sp³-hybridized carbons (Fsp3) is 0.105. The average molecular weight is 354 g/mol. The molecule has 1 heterocycles. The summed E-state index contributed by atoms with van der Waals surface area (Å²) in [5.41, 5.74) is 3.80. The van der Waals surface area contributed by atoms with Crippen molar-refractivity contribution in [3.8, 4) is 5.69 Å². The Labute approximate surface area is 150 Å². The molecule has 126 valence electrons. The standard InChI is InChI=1S/C19H16ClN3O2/c1-12-16(13(2)23(22-12)14-7-4-3-5-8-14)11-21-18-15(19(24)25)9-6-10-17(18)20/h3-11H,1-2H3,(H,24,25). The van der Waals surface area contributed by atoms with Crippen molar-refractivity contribution in [2.75, 3.05) is 0 Å². The lowest BCUT2D eigenvalue weighted by Crippen LogP contribution is -1.99. The fourth-order valence-electron chi connectivity index (χ4n) is 2.61. The van der Waals surface area contributed by atoms with Crippen molar-refractivity contribution in [2.45, 2.75) is 13.8 Å². The Morgan fingerprint density at radius 2 is 1.88 bits per heavy atom. The van der Waals surface area contributed by atoms with Gasteiger partial charge in [-0.2, -0.15) is 5.10 Å². The predicted molar refractivity (Wildman–Crippen MR) is 98.7 cm³/mol. The molecular formula is C19H16ClN3O2. The van der Waals surface area contributed by atoms with Crippen molar-refractivity contribution >= 4 is 29.5 Å². The van der Waals surface area contributed by atoms with Crippen LogP contribution in [0.25, 0.3) is 5.69 Å². The third-order valence-corrected chi connectivity index (χ3v) is 4.19. The van der Waals surface area contributed by atoms with E-state index in [1.807, 2.05) is 48.9 Å². The van der Waals surface area contributed by atoms with Gasteiger partial charge in [-0.3, -0.25) is 4.99 Å². The van der Waals surface area contributed by atoms with E-state index >= 15 is 0 Å². The van der Waals surface area contributed by atoms with Crippen LogP contribution in [0.5, 0.6) is 0 Å². The number of benzene rings is 2. The summed E-state index contributed by atoms with van der Waals surface area (Å²) in [7, 11) is 0. The molecule has 0 atom stereocenters. The fourth-order valence-corrected chi connectivity index (χ4v) is 2.83. The van der Waals surface area contributed by atoms with Gasteiger partial charge in [0.15, 0.2) is 0 Å². The van der Waals surface area contributed by atoms with E-state index in [1.165, 1.54) is 6.07 Å². The number of carboxylic acids is 1. The number of carbonyl (C=O) groups is 1. The third kappa shape index (κ3) is 3.32. The van der Waals surface area contributed by atoms with Crippen LogP contribution in [0.15, 0.2) is 53.5 Å². The van der Waals surface area contributed by atoms with Crippen molar-refractivity contribution in [1.29, 1.82) is 0 Å². The smallest absolute Gasteiger partial charge is 0.337 e. The molecule has 0 radical (unpaired) electrons. The first-order chi connectivity index (χ1) is 12.0. The lowest BCUT2D eigenvalue weighted by Gasteiger charge is -2.04. The number of rotatable bonds is 4. The first kappa shape index (κ1) is 16.9. The molecular weight excluding hydrogens is 338 g/mol. The number of carboxylic acid groups (broad SMARTS) is 1. The van der Waals surface area contributed by atoms with Crippen molar-refractivity contribution in [1.82, 2.24) is 9.78 Å². The lowest BCUT2D eigenvalue weighted by atomic mass is 10.1. The molecule has 0 unspecified atom stereocenters. The molecule has 3 rings (SSSR count). The van der Waals surface area contributed by atoms with Crippen LogP contribution in [0, 0.1) is 13.8 Å². The molecule has 0 bridgehead atoms. The van der Waals surface area contributed by atoms with Gasteiger partial charge in [0.25, 0.3) is 0 Å². The molecule has 6 heteroatoms. The minimum Gasteiger partial charge on any atom is -0.478 e. The summed E-state index contributed by atoms with van der Waals surface area (Å²) in [5.74, 6) is -1.07. The molecule has 0 spiro atoms. The van der Waals surface area contributed by atoms with Gasteiger partial charge in [0.05, 0.1) is 33.3 Å². The summed E-state index contributed by atoms with van der Waals surface area (Å²) in [6.07, 6.45) is 1.62. The summed E-state index contributed by atoms with van der Waals surface area (Å²) in [6.45, 7) is 3.83. The minimum atomic E-state index is -1.07. The van der Waals surface area contributed by atoms with E-state index in [2.05, 4.69) is 10.1 Å². The van der Waals surface area contributed by atoms with Gasteiger partial charge in [-0.05, 0) is 38.1 Å². The molecule has 0 aliphatic heterocycles. The first-order valence-electron chi connectivity index (χ1n) is 7.66.